The third kappa shape index (κ3) is 3.13. The molecule has 1 aromatic rings. The molecule has 1 amide bonds. The molecule has 0 aliphatic rings. The Morgan fingerprint density at radius 1 is 1.33 bits per heavy atom. The zero-order chi connectivity index (χ0) is 13.7. The van der Waals surface area contributed by atoms with Crippen LogP contribution in [0.2, 0.25) is 0 Å². The quantitative estimate of drug-likeness (QED) is 0.771. The van der Waals surface area contributed by atoms with Crippen molar-refractivity contribution < 1.29 is 24.2 Å². The van der Waals surface area contributed by atoms with E-state index in [1.165, 1.54) is 39.3 Å². The summed E-state index contributed by atoms with van der Waals surface area (Å²) in [6.45, 7) is 1.52. The lowest BCUT2D eigenvalue weighted by Crippen LogP contribution is -2.39. The molecule has 2 N–H and O–H groups in total. The van der Waals surface area contributed by atoms with Crippen LogP contribution in [-0.2, 0) is 9.53 Å². The molecular weight excluding hydrogens is 238 g/mol. The van der Waals surface area contributed by atoms with E-state index in [9.17, 15) is 14.7 Å². The van der Waals surface area contributed by atoms with Gasteiger partial charge in [0.25, 0.3) is 5.91 Å². The summed E-state index contributed by atoms with van der Waals surface area (Å²) in [5.74, 6) is -0.858. The van der Waals surface area contributed by atoms with Crippen LogP contribution in [0.15, 0.2) is 18.2 Å². The fourth-order valence-electron chi connectivity index (χ4n) is 1.33. The van der Waals surface area contributed by atoms with Crippen LogP contribution in [0.1, 0.15) is 17.3 Å². The number of hydrogen-bond donors (Lipinski definition) is 2. The number of carbonyl (C=O) groups is 2. The molecule has 6 nitrogen and oxygen atoms in total. The Morgan fingerprint density at radius 2 is 2.00 bits per heavy atom. The highest BCUT2D eigenvalue weighted by Crippen LogP contribution is 2.26. The molecule has 1 aromatic carbocycles. The number of rotatable bonds is 4. The first kappa shape index (κ1) is 13.8. The molecule has 0 heterocycles. The van der Waals surface area contributed by atoms with E-state index in [4.69, 9.17) is 4.74 Å². The number of carbonyl (C=O) groups excluding carboxylic acids is 2. The first-order valence-electron chi connectivity index (χ1n) is 5.25. The minimum Gasteiger partial charge on any atom is -0.504 e. The van der Waals surface area contributed by atoms with E-state index >= 15 is 0 Å². The van der Waals surface area contributed by atoms with Crippen molar-refractivity contribution in [3.8, 4) is 11.5 Å². The molecule has 1 atom stereocenters. The molecule has 0 spiro atoms. The molecule has 0 aromatic heterocycles. The van der Waals surface area contributed by atoms with Crippen LogP contribution in [-0.4, -0.2) is 37.2 Å². The molecule has 1 unspecified atom stereocenters. The summed E-state index contributed by atoms with van der Waals surface area (Å²) < 4.78 is 9.38. The van der Waals surface area contributed by atoms with E-state index in [-0.39, 0.29) is 17.1 Å². The highest BCUT2D eigenvalue weighted by Gasteiger charge is 2.17. The van der Waals surface area contributed by atoms with E-state index in [1.54, 1.807) is 0 Å². The van der Waals surface area contributed by atoms with Gasteiger partial charge in [-0.25, -0.2) is 4.79 Å². The van der Waals surface area contributed by atoms with Gasteiger partial charge in [0.15, 0.2) is 11.5 Å². The lowest BCUT2D eigenvalue weighted by Gasteiger charge is -2.12. The molecule has 0 aliphatic carbocycles. The Kier molecular flexibility index (Phi) is 4.53. The fourth-order valence-corrected chi connectivity index (χ4v) is 1.33. The van der Waals surface area contributed by atoms with Crippen molar-refractivity contribution in [1.82, 2.24) is 5.32 Å². The Balaban J connectivity index is 2.81. The number of aromatic hydroxyl groups is 1. The van der Waals surface area contributed by atoms with Gasteiger partial charge in [0.2, 0.25) is 0 Å². The molecule has 0 aliphatic heterocycles. The molecule has 0 saturated heterocycles. The Bertz CT molecular complexity index is 458. The van der Waals surface area contributed by atoms with Crippen molar-refractivity contribution in [2.45, 2.75) is 13.0 Å². The van der Waals surface area contributed by atoms with Gasteiger partial charge in [-0.15, -0.1) is 0 Å². The fraction of sp³-hybridized carbons (Fsp3) is 0.333. The number of esters is 1. The van der Waals surface area contributed by atoms with Crippen LogP contribution in [0.4, 0.5) is 0 Å². The van der Waals surface area contributed by atoms with Crippen molar-refractivity contribution in [2.75, 3.05) is 14.2 Å². The molecule has 0 radical (unpaired) electrons. The second-order valence-electron chi connectivity index (χ2n) is 3.60. The van der Waals surface area contributed by atoms with Gasteiger partial charge in [-0.05, 0) is 25.1 Å². The van der Waals surface area contributed by atoms with E-state index in [1.807, 2.05) is 0 Å². The minimum absolute atomic E-state index is 0.0601. The van der Waals surface area contributed by atoms with E-state index in [0.29, 0.717) is 0 Å². The van der Waals surface area contributed by atoms with Crippen molar-refractivity contribution >= 4 is 11.9 Å². The van der Waals surface area contributed by atoms with Crippen LogP contribution >= 0.6 is 0 Å². The number of hydrogen-bond acceptors (Lipinski definition) is 5. The molecule has 0 saturated carbocycles. The number of ether oxygens (including phenoxy) is 2. The topological polar surface area (TPSA) is 84.9 Å². The number of nitrogens with one attached hydrogen (secondary N) is 1. The van der Waals surface area contributed by atoms with Crippen LogP contribution < -0.4 is 10.1 Å². The lowest BCUT2D eigenvalue weighted by molar-refractivity contribution is -0.142. The number of benzene rings is 1. The smallest absolute Gasteiger partial charge is 0.328 e. The van der Waals surface area contributed by atoms with Gasteiger partial charge < -0.3 is 19.9 Å². The van der Waals surface area contributed by atoms with Gasteiger partial charge in [0.05, 0.1) is 14.2 Å². The number of phenols is 1. The maximum absolute atomic E-state index is 11.8. The van der Waals surface area contributed by atoms with Gasteiger partial charge in [-0.3, -0.25) is 4.79 Å². The zero-order valence-electron chi connectivity index (χ0n) is 10.4. The average Bonchev–Trinajstić information content (AvgIpc) is 2.37. The largest absolute Gasteiger partial charge is 0.504 e. The standard InChI is InChI=1S/C12H15NO5/c1-7(12(16)18-3)13-11(15)8-4-5-9(14)10(6-8)17-2/h4-7,14H,1-3H3,(H,13,15). The SMILES string of the molecule is COC(=O)C(C)NC(=O)c1ccc(O)c(OC)c1. The van der Waals surface area contributed by atoms with E-state index in [2.05, 4.69) is 10.1 Å². The summed E-state index contributed by atoms with van der Waals surface area (Å²) >= 11 is 0. The van der Waals surface area contributed by atoms with Crippen LogP contribution in [0.3, 0.4) is 0 Å². The number of phenolic OH excluding ortho intramolecular Hbond substituents is 1. The van der Waals surface area contributed by atoms with Gasteiger partial charge in [0.1, 0.15) is 6.04 Å². The van der Waals surface area contributed by atoms with Crippen LogP contribution in [0.25, 0.3) is 0 Å². The molecule has 18 heavy (non-hydrogen) atoms. The monoisotopic (exact) mass is 253 g/mol. The van der Waals surface area contributed by atoms with Crippen LogP contribution in [0.5, 0.6) is 11.5 Å². The highest BCUT2D eigenvalue weighted by molar-refractivity contribution is 5.97. The Labute approximate surface area is 105 Å². The number of amides is 1. The maximum atomic E-state index is 11.8. The summed E-state index contributed by atoms with van der Waals surface area (Å²) in [6.07, 6.45) is 0. The predicted octanol–water partition coefficient (Wildman–Crippen LogP) is 0.692. The molecule has 6 heteroatoms. The molecule has 98 valence electrons. The Hall–Kier alpha value is -2.24. The third-order valence-electron chi connectivity index (χ3n) is 2.34. The van der Waals surface area contributed by atoms with Gasteiger partial charge in [-0.1, -0.05) is 0 Å². The van der Waals surface area contributed by atoms with Crippen LogP contribution in [0, 0.1) is 0 Å². The summed E-state index contributed by atoms with van der Waals surface area (Å²) in [5.41, 5.74) is 0.278. The molecule has 0 bridgehead atoms. The third-order valence-corrected chi connectivity index (χ3v) is 2.34. The minimum atomic E-state index is -0.748. The summed E-state index contributed by atoms with van der Waals surface area (Å²) in [4.78, 5) is 23.0. The Morgan fingerprint density at radius 3 is 2.56 bits per heavy atom. The van der Waals surface area contributed by atoms with Crippen molar-refractivity contribution in [3.63, 3.8) is 0 Å². The van der Waals surface area contributed by atoms with Gasteiger partial charge in [-0.2, -0.15) is 0 Å². The van der Waals surface area contributed by atoms with Crippen molar-refractivity contribution in [1.29, 1.82) is 0 Å². The normalized spacial score (nSPS) is 11.5. The van der Waals surface area contributed by atoms with E-state index < -0.39 is 17.9 Å². The second kappa shape index (κ2) is 5.90. The molecular formula is C12H15NO5. The van der Waals surface area contributed by atoms with Crippen molar-refractivity contribution in [2.24, 2.45) is 0 Å². The summed E-state index contributed by atoms with van der Waals surface area (Å²) in [5, 5.41) is 11.9. The number of methoxy groups -OCH3 is 2. The first-order chi connectivity index (χ1) is 8.49. The average molecular weight is 253 g/mol. The molecule has 1 rings (SSSR count). The van der Waals surface area contributed by atoms with Gasteiger partial charge in [0, 0.05) is 5.56 Å². The second-order valence-corrected chi connectivity index (χ2v) is 3.60. The lowest BCUT2D eigenvalue weighted by atomic mass is 10.1. The van der Waals surface area contributed by atoms with E-state index in [0.717, 1.165) is 0 Å². The predicted molar refractivity (Wildman–Crippen MR) is 63.6 cm³/mol. The van der Waals surface area contributed by atoms with Crippen molar-refractivity contribution in [3.05, 3.63) is 23.8 Å². The maximum Gasteiger partial charge on any atom is 0.328 e. The molecule has 0 fully saturated rings. The van der Waals surface area contributed by atoms with Gasteiger partial charge >= 0.3 is 5.97 Å². The summed E-state index contributed by atoms with van der Waals surface area (Å²) in [6, 6.07) is 3.41. The highest BCUT2D eigenvalue weighted by atomic mass is 16.5. The zero-order valence-corrected chi connectivity index (χ0v) is 10.4. The summed E-state index contributed by atoms with van der Waals surface area (Å²) in [7, 11) is 2.63. The first-order valence-corrected chi connectivity index (χ1v) is 5.25.